The minimum absolute atomic E-state index is 0.467. The summed E-state index contributed by atoms with van der Waals surface area (Å²) >= 11 is 0. The van der Waals surface area contributed by atoms with E-state index in [1.165, 1.54) is 11.1 Å². The van der Waals surface area contributed by atoms with Crippen LogP contribution < -0.4 is 5.32 Å². The normalized spacial score (nSPS) is 12.6. The molecule has 1 N–H and O–H groups in total. The van der Waals surface area contributed by atoms with Crippen molar-refractivity contribution in [1.29, 1.82) is 0 Å². The molecule has 0 radical (unpaired) electrons. The van der Waals surface area contributed by atoms with Crippen molar-refractivity contribution in [2.45, 2.75) is 46.3 Å². The highest BCUT2D eigenvalue weighted by Gasteiger charge is 2.04. The highest BCUT2D eigenvalue weighted by molar-refractivity contribution is 5.21. The molecule has 2 heterocycles. The number of hydrogen-bond donors (Lipinski definition) is 1. The molecule has 0 aliphatic carbocycles. The molecule has 0 fully saturated rings. The molecule has 0 aromatic carbocycles. The summed E-state index contributed by atoms with van der Waals surface area (Å²) in [6.07, 6.45) is 6.90. The fraction of sp³-hybridized carbons (Fsp3) is 0.467. The van der Waals surface area contributed by atoms with Gasteiger partial charge in [-0.25, -0.2) is 0 Å². The summed E-state index contributed by atoms with van der Waals surface area (Å²) in [4.78, 5) is 4.15. The molecule has 0 saturated heterocycles. The molecule has 1 unspecified atom stereocenters. The van der Waals surface area contributed by atoms with Gasteiger partial charge in [0.1, 0.15) is 0 Å². The molecule has 4 heteroatoms. The Hall–Kier alpha value is -1.68. The number of nitrogens with zero attached hydrogens (tertiary/aromatic N) is 3. The van der Waals surface area contributed by atoms with Crippen molar-refractivity contribution >= 4 is 0 Å². The molecule has 2 aromatic rings. The SMILES string of the molecule is CCC(C)n1ccc(CNCc2cnccc2C)n1. The van der Waals surface area contributed by atoms with Gasteiger partial charge in [-0.05, 0) is 43.5 Å². The Morgan fingerprint density at radius 3 is 2.89 bits per heavy atom. The van der Waals surface area contributed by atoms with E-state index in [2.05, 4.69) is 48.4 Å². The third kappa shape index (κ3) is 3.64. The first-order valence-corrected chi connectivity index (χ1v) is 6.85. The van der Waals surface area contributed by atoms with Crippen LogP contribution in [0.15, 0.2) is 30.7 Å². The van der Waals surface area contributed by atoms with Crippen LogP contribution in [-0.4, -0.2) is 14.8 Å². The average Bonchev–Trinajstić information content (AvgIpc) is 2.89. The summed E-state index contributed by atoms with van der Waals surface area (Å²) in [5, 5.41) is 7.99. The molecule has 0 aliphatic rings. The molecule has 4 nitrogen and oxygen atoms in total. The van der Waals surface area contributed by atoms with E-state index in [1.54, 1.807) is 0 Å². The predicted molar refractivity (Wildman–Crippen MR) is 76.7 cm³/mol. The van der Waals surface area contributed by atoms with Crippen LogP contribution in [0.25, 0.3) is 0 Å². The van der Waals surface area contributed by atoms with Gasteiger partial charge < -0.3 is 5.32 Å². The molecule has 2 aromatic heterocycles. The highest BCUT2D eigenvalue weighted by atomic mass is 15.3. The van der Waals surface area contributed by atoms with Crippen LogP contribution in [0.4, 0.5) is 0 Å². The Bertz CT molecular complexity index is 518. The average molecular weight is 258 g/mol. The number of aryl methyl sites for hydroxylation is 1. The highest BCUT2D eigenvalue weighted by Crippen LogP contribution is 2.09. The molecular weight excluding hydrogens is 236 g/mol. The molecule has 2 rings (SSSR count). The third-order valence-electron chi connectivity index (χ3n) is 3.48. The summed E-state index contributed by atoms with van der Waals surface area (Å²) in [6.45, 7) is 8.09. The maximum atomic E-state index is 4.57. The summed E-state index contributed by atoms with van der Waals surface area (Å²) < 4.78 is 2.03. The van der Waals surface area contributed by atoms with Gasteiger partial charge in [0.25, 0.3) is 0 Å². The van der Waals surface area contributed by atoms with E-state index in [9.17, 15) is 0 Å². The van der Waals surface area contributed by atoms with Gasteiger partial charge in [-0.2, -0.15) is 5.10 Å². The van der Waals surface area contributed by atoms with E-state index < -0.39 is 0 Å². The Balaban J connectivity index is 1.86. The lowest BCUT2D eigenvalue weighted by Crippen LogP contribution is -2.14. The third-order valence-corrected chi connectivity index (χ3v) is 3.48. The summed E-state index contributed by atoms with van der Waals surface area (Å²) in [5.74, 6) is 0. The standard InChI is InChI=1S/C15H22N4/c1-4-13(3)19-8-6-15(18-19)11-17-10-14-9-16-7-5-12(14)2/h5-9,13,17H,4,10-11H2,1-3H3. The number of pyridine rings is 1. The summed E-state index contributed by atoms with van der Waals surface area (Å²) in [7, 11) is 0. The molecule has 0 aliphatic heterocycles. The minimum Gasteiger partial charge on any atom is -0.307 e. The number of aromatic nitrogens is 3. The molecule has 19 heavy (non-hydrogen) atoms. The second-order valence-electron chi connectivity index (χ2n) is 4.95. The molecule has 0 bridgehead atoms. The van der Waals surface area contributed by atoms with Crippen LogP contribution in [0.3, 0.4) is 0 Å². The van der Waals surface area contributed by atoms with E-state index >= 15 is 0 Å². The lowest BCUT2D eigenvalue weighted by molar-refractivity contribution is 0.471. The van der Waals surface area contributed by atoms with Crippen molar-refractivity contribution in [3.63, 3.8) is 0 Å². The molecule has 0 spiro atoms. The monoisotopic (exact) mass is 258 g/mol. The van der Waals surface area contributed by atoms with Gasteiger partial charge in [-0.15, -0.1) is 0 Å². The van der Waals surface area contributed by atoms with Crippen LogP contribution in [-0.2, 0) is 13.1 Å². The van der Waals surface area contributed by atoms with Crippen LogP contribution in [0.1, 0.15) is 43.1 Å². The second kappa shape index (κ2) is 6.48. The Morgan fingerprint density at radius 1 is 1.32 bits per heavy atom. The summed E-state index contributed by atoms with van der Waals surface area (Å²) in [5.41, 5.74) is 3.60. The fourth-order valence-corrected chi connectivity index (χ4v) is 1.91. The molecular formula is C15H22N4. The number of rotatable bonds is 6. The van der Waals surface area contributed by atoms with Crippen molar-refractivity contribution in [3.8, 4) is 0 Å². The molecule has 1 atom stereocenters. The van der Waals surface area contributed by atoms with Gasteiger partial charge in [0.05, 0.1) is 5.69 Å². The molecule has 0 amide bonds. The first-order chi connectivity index (χ1) is 9.20. The lowest BCUT2D eigenvalue weighted by atomic mass is 10.1. The minimum atomic E-state index is 0.467. The van der Waals surface area contributed by atoms with E-state index in [-0.39, 0.29) is 0 Å². The van der Waals surface area contributed by atoms with Gasteiger partial charge in [-0.3, -0.25) is 9.67 Å². The van der Waals surface area contributed by atoms with Gasteiger partial charge >= 0.3 is 0 Å². The van der Waals surface area contributed by atoms with Crippen LogP contribution in [0, 0.1) is 6.92 Å². The van der Waals surface area contributed by atoms with Crippen LogP contribution in [0.2, 0.25) is 0 Å². The number of nitrogens with one attached hydrogen (secondary N) is 1. The smallest absolute Gasteiger partial charge is 0.0762 e. The zero-order valence-corrected chi connectivity index (χ0v) is 11.9. The van der Waals surface area contributed by atoms with Crippen molar-refractivity contribution in [3.05, 3.63) is 47.5 Å². The topological polar surface area (TPSA) is 42.7 Å². The predicted octanol–water partition coefficient (Wildman–Crippen LogP) is 2.85. The Kier molecular flexibility index (Phi) is 4.68. The van der Waals surface area contributed by atoms with Gasteiger partial charge in [0.2, 0.25) is 0 Å². The maximum absolute atomic E-state index is 4.57. The van der Waals surface area contributed by atoms with E-state index in [0.717, 1.165) is 25.2 Å². The Morgan fingerprint density at radius 2 is 2.16 bits per heavy atom. The Labute approximate surface area is 114 Å². The lowest BCUT2D eigenvalue weighted by Gasteiger charge is -2.08. The van der Waals surface area contributed by atoms with Crippen molar-refractivity contribution in [2.75, 3.05) is 0 Å². The largest absolute Gasteiger partial charge is 0.307 e. The van der Waals surface area contributed by atoms with Gasteiger partial charge in [0.15, 0.2) is 0 Å². The zero-order valence-electron chi connectivity index (χ0n) is 11.9. The first kappa shape index (κ1) is 13.7. The molecule has 0 saturated carbocycles. The first-order valence-electron chi connectivity index (χ1n) is 6.85. The second-order valence-corrected chi connectivity index (χ2v) is 4.95. The van der Waals surface area contributed by atoms with Gasteiger partial charge in [-0.1, -0.05) is 6.92 Å². The quantitative estimate of drug-likeness (QED) is 0.866. The maximum Gasteiger partial charge on any atom is 0.0762 e. The van der Waals surface area contributed by atoms with Crippen LogP contribution >= 0.6 is 0 Å². The van der Waals surface area contributed by atoms with Gasteiger partial charge in [0, 0.05) is 37.7 Å². The fourth-order valence-electron chi connectivity index (χ4n) is 1.91. The molecule has 102 valence electrons. The van der Waals surface area contributed by atoms with E-state index in [1.807, 2.05) is 23.1 Å². The zero-order chi connectivity index (χ0) is 13.7. The number of hydrogen-bond acceptors (Lipinski definition) is 3. The van der Waals surface area contributed by atoms with Crippen molar-refractivity contribution in [2.24, 2.45) is 0 Å². The van der Waals surface area contributed by atoms with Crippen molar-refractivity contribution < 1.29 is 0 Å². The summed E-state index contributed by atoms with van der Waals surface area (Å²) in [6, 6.07) is 4.58. The van der Waals surface area contributed by atoms with Crippen molar-refractivity contribution in [1.82, 2.24) is 20.1 Å². The van der Waals surface area contributed by atoms with Crippen LogP contribution in [0.5, 0.6) is 0 Å². The van der Waals surface area contributed by atoms with E-state index in [4.69, 9.17) is 0 Å². The van der Waals surface area contributed by atoms with E-state index in [0.29, 0.717) is 6.04 Å².